The van der Waals surface area contributed by atoms with Gasteiger partial charge in [-0.2, -0.15) is 5.10 Å². The summed E-state index contributed by atoms with van der Waals surface area (Å²) in [6, 6.07) is 21.6. The molecular weight excluding hydrogens is 372 g/mol. The minimum atomic E-state index is -0.114. The van der Waals surface area contributed by atoms with Gasteiger partial charge in [-0.1, -0.05) is 44.2 Å². The van der Waals surface area contributed by atoms with Gasteiger partial charge in [0.2, 0.25) is 0 Å². The SMILES string of the molecule is CC(C)c1cccc(N(C)C(=O)c2cn(-c3ccccc3)nc2-c2cccnc2)c1. The monoisotopic (exact) mass is 396 g/mol. The van der Waals surface area contributed by atoms with E-state index in [4.69, 9.17) is 5.10 Å². The fourth-order valence-corrected chi connectivity index (χ4v) is 3.35. The third kappa shape index (κ3) is 3.87. The average Bonchev–Trinajstić information content (AvgIpc) is 3.25. The lowest BCUT2D eigenvalue weighted by Crippen LogP contribution is -2.26. The first-order chi connectivity index (χ1) is 14.5. The largest absolute Gasteiger partial charge is 0.311 e. The minimum Gasteiger partial charge on any atom is -0.311 e. The van der Waals surface area contributed by atoms with E-state index in [1.165, 1.54) is 5.56 Å². The van der Waals surface area contributed by atoms with Crippen LogP contribution in [0.5, 0.6) is 0 Å². The van der Waals surface area contributed by atoms with E-state index in [1.807, 2.05) is 54.6 Å². The molecule has 5 heteroatoms. The molecule has 0 saturated heterocycles. The summed E-state index contributed by atoms with van der Waals surface area (Å²) in [5.74, 6) is 0.275. The Labute approximate surface area is 176 Å². The fraction of sp³-hybridized carbons (Fsp3) is 0.160. The highest BCUT2D eigenvalue weighted by Crippen LogP contribution is 2.27. The van der Waals surface area contributed by atoms with Crippen molar-refractivity contribution in [3.8, 4) is 16.9 Å². The Morgan fingerprint density at radius 2 is 1.80 bits per heavy atom. The van der Waals surface area contributed by atoms with E-state index in [0.717, 1.165) is 16.9 Å². The molecule has 0 unspecified atom stereocenters. The molecule has 0 N–H and O–H groups in total. The molecule has 4 rings (SSSR count). The standard InChI is InChI=1S/C25H24N4O/c1-18(2)19-9-7-13-22(15-19)28(3)25(30)23-17-29(21-11-5-4-6-12-21)27-24(23)20-10-8-14-26-16-20/h4-18H,1-3H3. The van der Waals surface area contributed by atoms with Crippen molar-refractivity contribution >= 4 is 11.6 Å². The summed E-state index contributed by atoms with van der Waals surface area (Å²) in [5.41, 5.74) is 4.90. The first-order valence-electron chi connectivity index (χ1n) is 9.98. The fourth-order valence-electron chi connectivity index (χ4n) is 3.35. The van der Waals surface area contributed by atoms with Crippen LogP contribution in [0.1, 0.15) is 35.7 Å². The highest BCUT2D eigenvalue weighted by molar-refractivity contribution is 6.09. The molecule has 0 spiro atoms. The molecule has 150 valence electrons. The van der Waals surface area contributed by atoms with Crippen LogP contribution in [0.15, 0.2) is 85.3 Å². The van der Waals surface area contributed by atoms with Gasteiger partial charge in [0, 0.05) is 36.9 Å². The number of rotatable bonds is 5. The molecule has 5 nitrogen and oxygen atoms in total. The number of benzene rings is 2. The van der Waals surface area contributed by atoms with E-state index in [2.05, 4.69) is 31.0 Å². The number of nitrogens with zero attached hydrogens (tertiary/aromatic N) is 4. The highest BCUT2D eigenvalue weighted by Gasteiger charge is 2.23. The molecule has 0 bridgehead atoms. The van der Waals surface area contributed by atoms with Gasteiger partial charge in [-0.05, 0) is 47.9 Å². The molecule has 0 aliphatic carbocycles. The zero-order valence-corrected chi connectivity index (χ0v) is 17.4. The van der Waals surface area contributed by atoms with Crippen LogP contribution in [0.2, 0.25) is 0 Å². The van der Waals surface area contributed by atoms with E-state index >= 15 is 0 Å². The summed E-state index contributed by atoms with van der Waals surface area (Å²) < 4.78 is 1.74. The van der Waals surface area contributed by atoms with Crippen molar-refractivity contribution in [3.63, 3.8) is 0 Å². The first-order valence-corrected chi connectivity index (χ1v) is 9.98. The van der Waals surface area contributed by atoms with Crippen molar-refractivity contribution in [2.45, 2.75) is 19.8 Å². The number of amides is 1. The zero-order valence-electron chi connectivity index (χ0n) is 17.4. The lowest BCUT2D eigenvalue weighted by molar-refractivity contribution is 0.0993. The minimum absolute atomic E-state index is 0.114. The van der Waals surface area contributed by atoms with Gasteiger partial charge in [0.1, 0.15) is 5.69 Å². The van der Waals surface area contributed by atoms with Crippen molar-refractivity contribution in [2.24, 2.45) is 0 Å². The summed E-state index contributed by atoms with van der Waals surface area (Å²) in [4.78, 5) is 19.4. The maximum absolute atomic E-state index is 13.5. The first kappa shape index (κ1) is 19.6. The Morgan fingerprint density at radius 1 is 1.00 bits per heavy atom. The molecule has 4 aromatic rings. The molecular formula is C25H24N4O. The van der Waals surface area contributed by atoms with Gasteiger partial charge in [0.15, 0.2) is 0 Å². The van der Waals surface area contributed by atoms with Crippen molar-refractivity contribution in [1.82, 2.24) is 14.8 Å². The molecule has 2 aromatic heterocycles. The van der Waals surface area contributed by atoms with Crippen molar-refractivity contribution in [1.29, 1.82) is 0 Å². The number of anilines is 1. The Bertz CT molecular complexity index is 1150. The van der Waals surface area contributed by atoms with E-state index in [-0.39, 0.29) is 5.91 Å². The van der Waals surface area contributed by atoms with E-state index in [1.54, 1.807) is 35.2 Å². The van der Waals surface area contributed by atoms with Gasteiger partial charge in [0.05, 0.1) is 11.3 Å². The number of hydrogen-bond donors (Lipinski definition) is 0. The van der Waals surface area contributed by atoms with E-state index < -0.39 is 0 Å². The van der Waals surface area contributed by atoms with Crippen molar-refractivity contribution < 1.29 is 4.79 Å². The Morgan fingerprint density at radius 3 is 2.50 bits per heavy atom. The highest BCUT2D eigenvalue weighted by atomic mass is 16.2. The topological polar surface area (TPSA) is 51.0 Å². The van der Waals surface area contributed by atoms with E-state index in [9.17, 15) is 4.79 Å². The lowest BCUT2D eigenvalue weighted by atomic mass is 10.0. The second-order valence-electron chi connectivity index (χ2n) is 7.53. The zero-order chi connectivity index (χ0) is 21.1. The predicted octanol–water partition coefficient (Wildman–Crippen LogP) is 5.33. The molecule has 2 heterocycles. The van der Waals surface area contributed by atoms with Crippen LogP contribution in [-0.4, -0.2) is 27.7 Å². The molecule has 0 saturated carbocycles. The third-order valence-electron chi connectivity index (χ3n) is 5.13. The number of carbonyl (C=O) groups excluding carboxylic acids is 1. The molecule has 1 amide bonds. The third-order valence-corrected chi connectivity index (χ3v) is 5.13. The number of pyridine rings is 1. The van der Waals surface area contributed by atoms with Gasteiger partial charge in [-0.25, -0.2) is 4.68 Å². The summed E-state index contributed by atoms with van der Waals surface area (Å²) in [6.07, 6.45) is 5.24. The van der Waals surface area contributed by atoms with E-state index in [0.29, 0.717) is 17.2 Å². The van der Waals surface area contributed by atoms with Crippen molar-refractivity contribution in [3.05, 3.63) is 96.4 Å². The normalized spacial score (nSPS) is 10.9. The molecule has 0 aliphatic heterocycles. The van der Waals surface area contributed by atoms with Crippen LogP contribution in [-0.2, 0) is 0 Å². The number of aromatic nitrogens is 3. The van der Waals surface area contributed by atoms with Gasteiger partial charge in [-0.3, -0.25) is 9.78 Å². The van der Waals surface area contributed by atoms with Crippen LogP contribution in [0.3, 0.4) is 0 Å². The quantitative estimate of drug-likeness (QED) is 0.458. The molecule has 2 aromatic carbocycles. The van der Waals surface area contributed by atoms with Crippen LogP contribution in [0.25, 0.3) is 16.9 Å². The van der Waals surface area contributed by atoms with Crippen molar-refractivity contribution in [2.75, 3.05) is 11.9 Å². The summed E-state index contributed by atoms with van der Waals surface area (Å²) in [7, 11) is 1.80. The molecule has 0 aliphatic rings. The van der Waals surface area contributed by atoms with Gasteiger partial charge < -0.3 is 4.90 Å². The van der Waals surface area contributed by atoms with Crippen LogP contribution in [0, 0.1) is 0 Å². The molecule has 0 radical (unpaired) electrons. The van der Waals surface area contributed by atoms with Gasteiger partial charge in [-0.15, -0.1) is 0 Å². The Balaban J connectivity index is 1.78. The second-order valence-corrected chi connectivity index (χ2v) is 7.53. The number of para-hydroxylation sites is 1. The Hall–Kier alpha value is -3.73. The van der Waals surface area contributed by atoms with Gasteiger partial charge >= 0.3 is 0 Å². The summed E-state index contributed by atoms with van der Waals surface area (Å²) in [5, 5.41) is 4.72. The van der Waals surface area contributed by atoms with Crippen LogP contribution >= 0.6 is 0 Å². The maximum atomic E-state index is 13.5. The lowest BCUT2D eigenvalue weighted by Gasteiger charge is -2.19. The molecule has 0 fully saturated rings. The summed E-state index contributed by atoms with van der Waals surface area (Å²) >= 11 is 0. The van der Waals surface area contributed by atoms with Crippen LogP contribution < -0.4 is 4.90 Å². The predicted molar refractivity (Wildman–Crippen MR) is 120 cm³/mol. The van der Waals surface area contributed by atoms with Gasteiger partial charge in [0.25, 0.3) is 5.91 Å². The smallest absolute Gasteiger partial charge is 0.261 e. The number of hydrogen-bond acceptors (Lipinski definition) is 3. The molecule has 30 heavy (non-hydrogen) atoms. The van der Waals surface area contributed by atoms with Crippen LogP contribution in [0.4, 0.5) is 5.69 Å². The number of carbonyl (C=O) groups is 1. The summed E-state index contributed by atoms with van der Waals surface area (Å²) in [6.45, 7) is 4.29. The molecule has 0 atom stereocenters. The maximum Gasteiger partial charge on any atom is 0.261 e. The Kier molecular flexibility index (Phi) is 5.44. The average molecular weight is 396 g/mol. The second kappa shape index (κ2) is 8.33.